The zero-order chi connectivity index (χ0) is 13.1. The van der Waals surface area contributed by atoms with Crippen molar-refractivity contribution in [2.45, 2.75) is 0 Å². The van der Waals surface area contributed by atoms with Crippen molar-refractivity contribution >= 4 is 23.1 Å². The van der Waals surface area contributed by atoms with Crippen LogP contribution in [0.3, 0.4) is 0 Å². The van der Waals surface area contributed by atoms with E-state index < -0.39 is 0 Å². The average molecular weight is 373 g/mol. The van der Waals surface area contributed by atoms with Crippen molar-refractivity contribution in [3.8, 4) is 0 Å². The van der Waals surface area contributed by atoms with Gasteiger partial charge in [0.25, 0.3) is 0 Å². The van der Waals surface area contributed by atoms with Gasteiger partial charge in [0.15, 0.2) is 0 Å². The number of hydrogen-bond donors (Lipinski definition) is 0. The van der Waals surface area contributed by atoms with Crippen molar-refractivity contribution in [1.82, 2.24) is 0 Å². The fourth-order valence-electron chi connectivity index (χ4n) is 2.27. The molecule has 1 heterocycles. The van der Waals surface area contributed by atoms with E-state index in [2.05, 4.69) is 84.4 Å². The van der Waals surface area contributed by atoms with Crippen LogP contribution in [-0.2, 0) is 7.05 Å². The molecule has 20 heavy (non-hydrogen) atoms. The third-order valence-electron chi connectivity index (χ3n) is 3.37. The molecule has 1 nitrogen and oxygen atoms in total. The molecule has 2 heteroatoms. The van der Waals surface area contributed by atoms with Crippen LogP contribution in [0.4, 0.5) is 0 Å². The molecule has 0 unspecified atom stereocenters. The number of rotatable bonds is 2. The van der Waals surface area contributed by atoms with Crippen molar-refractivity contribution in [1.29, 1.82) is 0 Å². The SMILES string of the molecule is C[n+]1c(C=Cc2ccccc2)ccc2ccccc21.[I-]. The van der Waals surface area contributed by atoms with E-state index in [-0.39, 0.29) is 24.0 Å². The van der Waals surface area contributed by atoms with Crippen LogP contribution in [0.1, 0.15) is 11.3 Å². The largest absolute Gasteiger partial charge is 1.00 e. The average Bonchev–Trinajstić information content (AvgIpc) is 2.48. The minimum absolute atomic E-state index is 0. The molecule has 0 N–H and O–H groups in total. The molecule has 0 aliphatic heterocycles. The first-order chi connectivity index (χ1) is 9.34. The van der Waals surface area contributed by atoms with Crippen molar-refractivity contribution in [3.05, 3.63) is 78.0 Å². The molecule has 0 saturated carbocycles. The van der Waals surface area contributed by atoms with Gasteiger partial charge in [-0.05, 0) is 23.8 Å². The Hall–Kier alpha value is -1.68. The molecular weight excluding hydrogens is 357 g/mol. The van der Waals surface area contributed by atoms with Crippen LogP contribution in [0.25, 0.3) is 23.1 Å². The normalized spacial score (nSPS) is 10.7. The molecule has 0 bridgehead atoms. The number of halogens is 1. The van der Waals surface area contributed by atoms with Crippen molar-refractivity contribution in [2.75, 3.05) is 0 Å². The number of hydrogen-bond acceptors (Lipinski definition) is 0. The summed E-state index contributed by atoms with van der Waals surface area (Å²) < 4.78 is 2.22. The molecule has 0 aliphatic carbocycles. The molecule has 0 atom stereocenters. The molecule has 1 aromatic heterocycles. The summed E-state index contributed by atoms with van der Waals surface area (Å²) >= 11 is 0. The van der Waals surface area contributed by atoms with Gasteiger partial charge in [0, 0.05) is 23.6 Å². The van der Waals surface area contributed by atoms with Gasteiger partial charge in [-0.15, -0.1) is 0 Å². The van der Waals surface area contributed by atoms with Gasteiger partial charge in [0.1, 0.15) is 7.05 Å². The summed E-state index contributed by atoms with van der Waals surface area (Å²) in [6, 6.07) is 23.1. The fourth-order valence-corrected chi connectivity index (χ4v) is 2.27. The molecule has 100 valence electrons. The third-order valence-corrected chi connectivity index (χ3v) is 3.37. The van der Waals surface area contributed by atoms with Crippen LogP contribution < -0.4 is 28.5 Å². The van der Waals surface area contributed by atoms with E-state index in [1.165, 1.54) is 22.2 Å². The first kappa shape index (κ1) is 14.7. The fraction of sp³-hybridized carbons (Fsp3) is 0.0556. The first-order valence-electron chi connectivity index (χ1n) is 6.45. The lowest BCUT2D eigenvalue weighted by Gasteiger charge is -1.99. The zero-order valence-corrected chi connectivity index (χ0v) is 13.5. The number of pyridine rings is 1. The summed E-state index contributed by atoms with van der Waals surface area (Å²) in [6.45, 7) is 0. The minimum atomic E-state index is 0. The van der Waals surface area contributed by atoms with Crippen LogP contribution in [0.2, 0.25) is 0 Å². The van der Waals surface area contributed by atoms with Gasteiger partial charge in [-0.2, -0.15) is 4.57 Å². The lowest BCUT2D eigenvalue weighted by Crippen LogP contribution is -3.00. The van der Waals surface area contributed by atoms with Crippen molar-refractivity contribution in [2.24, 2.45) is 7.05 Å². The summed E-state index contributed by atoms with van der Waals surface area (Å²) in [5.74, 6) is 0. The Balaban J connectivity index is 0.00000147. The third kappa shape index (κ3) is 3.07. The zero-order valence-electron chi connectivity index (χ0n) is 11.3. The highest BCUT2D eigenvalue weighted by Crippen LogP contribution is 2.11. The van der Waals surface area contributed by atoms with Crippen LogP contribution in [0.15, 0.2) is 66.7 Å². The number of fused-ring (bicyclic) bond motifs is 1. The second-order valence-corrected chi connectivity index (χ2v) is 4.62. The predicted molar refractivity (Wildman–Crippen MR) is 80.5 cm³/mol. The molecule has 2 aromatic carbocycles. The monoisotopic (exact) mass is 373 g/mol. The summed E-state index contributed by atoms with van der Waals surface area (Å²) in [5, 5.41) is 1.27. The van der Waals surface area contributed by atoms with Gasteiger partial charge < -0.3 is 24.0 Å². The van der Waals surface area contributed by atoms with Crippen LogP contribution >= 0.6 is 0 Å². The maximum absolute atomic E-state index is 2.22. The maximum atomic E-state index is 2.22. The Kier molecular flexibility index (Phi) is 4.90. The van der Waals surface area contributed by atoms with E-state index in [9.17, 15) is 0 Å². The second kappa shape index (κ2) is 6.66. The lowest BCUT2D eigenvalue weighted by atomic mass is 10.1. The summed E-state index contributed by atoms with van der Waals surface area (Å²) in [6.07, 6.45) is 4.30. The Labute approximate surface area is 136 Å². The van der Waals surface area contributed by atoms with Crippen LogP contribution in [0, 0.1) is 0 Å². The summed E-state index contributed by atoms with van der Waals surface area (Å²) in [4.78, 5) is 0. The van der Waals surface area contributed by atoms with Gasteiger partial charge in [-0.1, -0.05) is 42.5 Å². The van der Waals surface area contributed by atoms with E-state index in [4.69, 9.17) is 0 Å². The molecule has 0 aliphatic rings. The lowest BCUT2D eigenvalue weighted by molar-refractivity contribution is -0.646. The standard InChI is InChI=1S/C18H16N.HI/c1-19-17(13-11-15-7-3-2-4-8-15)14-12-16-9-5-6-10-18(16)19;/h2-14H,1H3;1H/q+1;/p-1. The smallest absolute Gasteiger partial charge is 0.212 e. The second-order valence-electron chi connectivity index (χ2n) is 4.62. The highest BCUT2D eigenvalue weighted by atomic mass is 127. The van der Waals surface area contributed by atoms with Gasteiger partial charge in [0.05, 0.1) is 0 Å². The van der Waals surface area contributed by atoms with E-state index in [1.807, 2.05) is 6.07 Å². The Morgan fingerprint density at radius 2 is 1.45 bits per heavy atom. The topological polar surface area (TPSA) is 3.88 Å². The van der Waals surface area contributed by atoms with E-state index in [0.717, 1.165) is 0 Å². The molecule has 3 aromatic rings. The number of para-hydroxylation sites is 1. The van der Waals surface area contributed by atoms with Gasteiger partial charge >= 0.3 is 0 Å². The number of aryl methyl sites for hydroxylation is 1. The number of nitrogens with zero attached hydrogens (tertiary/aromatic N) is 1. The highest BCUT2D eigenvalue weighted by Gasteiger charge is 2.07. The van der Waals surface area contributed by atoms with Crippen molar-refractivity contribution < 1.29 is 28.5 Å². The first-order valence-corrected chi connectivity index (χ1v) is 6.45. The van der Waals surface area contributed by atoms with Gasteiger partial charge in [-0.3, -0.25) is 0 Å². The minimum Gasteiger partial charge on any atom is -1.00 e. The van der Waals surface area contributed by atoms with Crippen LogP contribution in [-0.4, -0.2) is 0 Å². The molecule has 0 amide bonds. The van der Waals surface area contributed by atoms with Crippen molar-refractivity contribution in [3.63, 3.8) is 0 Å². The summed E-state index contributed by atoms with van der Waals surface area (Å²) in [5.41, 5.74) is 3.66. The highest BCUT2D eigenvalue weighted by molar-refractivity contribution is 5.77. The Bertz CT molecular complexity index is 733. The van der Waals surface area contributed by atoms with Gasteiger partial charge in [-0.25, -0.2) is 0 Å². The Morgan fingerprint density at radius 1 is 0.750 bits per heavy atom. The maximum Gasteiger partial charge on any atom is 0.212 e. The molecule has 0 radical (unpaired) electrons. The number of benzene rings is 2. The van der Waals surface area contributed by atoms with E-state index in [0.29, 0.717) is 0 Å². The number of aromatic nitrogens is 1. The molecule has 0 spiro atoms. The molecule has 0 saturated heterocycles. The van der Waals surface area contributed by atoms with E-state index in [1.54, 1.807) is 0 Å². The molecule has 0 fully saturated rings. The Morgan fingerprint density at radius 3 is 2.25 bits per heavy atom. The molecular formula is C18H16IN. The van der Waals surface area contributed by atoms with Gasteiger partial charge in [0.2, 0.25) is 11.2 Å². The van der Waals surface area contributed by atoms with E-state index >= 15 is 0 Å². The summed E-state index contributed by atoms with van der Waals surface area (Å²) in [7, 11) is 2.10. The molecule has 3 rings (SSSR count). The quantitative estimate of drug-likeness (QED) is 0.463. The predicted octanol–water partition coefficient (Wildman–Crippen LogP) is 0.839. The van der Waals surface area contributed by atoms with Crippen LogP contribution in [0.5, 0.6) is 0 Å².